The van der Waals surface area contributed by atoms with Gasteiger partial charge in [-0.2, -0.15) is 5.26 Å². The van der Waals surface area contributed by atoms with Crippen molar-refractivity contribution in [1.29, 1.82) is 5.26 Å². The Hall–Kier alpha value is -2.69. The van der Waals surface area contributed by atoms with E-state index in [9.17, 15) is 8.42 Å². The van der Waals surface area contributed by atoms with E-state index in [0.29, 0.717) is 17.9 Å². The predicted molar refractivity (Wildman–Crippen MR) is 90.6 cm³/mol. The lowest BCUT2D eigenvalue weighted by molar-refractivity contribution is 0.576. The van der Waals surface area contributed by atoms with Gasteiger partial charge in [-0.15, -0.1) is 0 Å². The summed E-state index contributed by atoms with van der Waals surface area (Å²) in [6.07, 6.45) is 0. The molecule has 7 heteroatoms. The van der Waals surface area contributed by atoms with E-state index in [1.54, 1.807) is 12.1 Å². The quantitative estimate of drug-likeness (QED) is 0.772. The molecule has 1 heterocycles. The van der Waals surface area contributed by atoms with Gasteiger partial charge in [-0.1, -0.05) is 18.2 Å². The largest absolute Gasteiger partial charge is 0.327 e. The van der Waals surface area contributed by atoms with Crippen LogP contribution in [0.3, 0.4) is 0 Å². The van der Waals surface area contributed by atoms with E-state index in [1.807, 2.05) is 41.8 Å². The van der Waals surface area contributed by atoms with E-state index in [4.69, 9.17) is 5.26 Å². The third kappa shape index (κ3) is 3.02. The fraction of sp³-hybridized carbons (Fsp3) is 0.176. The van der Waals surface area contributed by atoms with Gasteiger partial charge in [0.1, 0.15) is 5.82 Å². The predicted octanol–water partition coefficient (Wildman–Crippen LogP) is 2.41. The van der Waals surface area contributed by atoms with Crippen LogP contribution >= 0.6 is 0 Å². The van der Waals surface area contributed by atoms with Crippen LogP contribution in [0.4, 0.5) is 0 Å². The zero-order valence-electron chi connectivity index (χ0n) is 13.1. The molecule has 0 aliphatic heterocycles. The zero-order valence-corrected chi connectivity index (χ0v) is 13.9. The highest BCUT2D eigenvalue weighted by Gasteiger charge is 2.16. The van der Waals surface area contributed by atoms with Gasteiger partial charge < -0.3 is 4.57 Å². The summed E-state index contributed by atoms with van der Waals surface area (Å²) in [6, 6.07) is 15.6. The number of benzene rings is 2. The lowest BCUT2D eigenvalue weighted by Crippen LogP contribution is -2.25. The van der Waals surface area contributed by atoms with Crippen LogP contribution in [0.5, 0.6) is 0 Å². The first-order valence-corrected chi connectivity index (χ1v) is 8.97. The van der Waals surface area contributed by atoms with Crippen LogP contribution in [0.2, 0.25) is 0 Å². The molecular formula is C17H16N4O2S. The number of imidazole rings is 1. The number of sulfonamides is 1. The molecule has 0 fully saturated rings. The lowest BCUT2D eigenvalue weighted by atomic mass is 10.2. The van der Waals surface area contributed by atoms with Gasteiger partial charge in [-0.25, -0.2) is 18.1 Å². The molecule has 0 aliphatic rings. The molecule has 1 N–H and O–H groups in total. The van der Waals surface area contributed by atoms with Crippen molar-refractivity contribution in [3.63, 3.8) is 0 Å². The first kappa shape index (κ1) is 16.2. The van der Waals surface area contributed by atoms with Gasteiger partial charge in [0.15, 0.2) is 0 Å². The van der Waals surface area contributed by atoms with Gasteiger partial charge in [-0.3, -0.25) is 0 Å². The van der Waals surface area contributed by atoms with Gasteiger partial charge >= 0.3 is 0 Å². The molecule has 0 radical (unpaired) electrons. The fourth-order valence-corrected chi connectivity index (χ4v) is 3.61. The number of nitriles is 1. The zero-order chi connectivity index (χ0) is 17.2. The topological polar surface area (TPSA) is 87.8 Å². The lowest BCUT2D eigenvalue weighted by Gasteiger charge is -2.09. The van der Waals surface area contributed by atoms with Crippen molar-refractivity contribution in [2.75, 3.05) is 0 Å². The maximum Gasteiger partial charge on any atom is 0.241 e. The van der Waals surface area contributed by atoms with Crippen molar-refractivity contribution < 1.29 is 8.42 Å². The second-order valence-corrected chi connectivity index (χ2v) is 6.99. The van der Waals surface area contributed by atoms with Gasteiger partial charge in [0.2, 0.25) is 10.0 Å². The summed E-state index contributed by atoms with van der Waals surface area (Å²) in [5.74, 6) is 0.652. The van der Waals surface area contributed by atoms with Crippen molar-refractivity contribution in [3.05, 3.63) is 59.9 Å². The number of para-hydroxylation sites is 2. The second-order valence-electron chi connectivity index (χ2n) is 5.23. The van der Waals surface area contributed by atoms with Crippen molar-refractivity contribution in [3.8, 4) is 6.07 Å². The molecule has 122 valence electrons. The van der Waals surface area contributed by atoms with E-state index in [-0.39, 0.29) is 11.4 Å². The monoisotopic (exact) mass is 340 g/mol. The maximum atomic E-state index is 12.4. The molecule has 24 heavy (non-hydrogen) atoms. The molecule has 0 aliphatic carbocycles. The first-order chi connectivity index (χ1) is 11.5. The maximum absolute atomic E-state index is 12.4. The fourth-order valence-electron chi connectivity index (χ4n) is 2.59. The molecule has 0 unspecified atom stereocenters. The molecular weight excluding hydrogens is 324 g/mol. The van der Waals surface area contributed by atoms with Gasteiger partial charge in [0.25, 0.3) is 0 Å². The van der Waals surface area contributed by atoms with Crippen LogP contribution in [0, 0.1) is 11.3 Å². The smallest absolute Gasteiger partial charge is 0.241 e. The summed E-state index contributed by atoms with van der Waals surface area (Å²) in [5.41, 5.74) is 2.11. The van der Waals surface area contributed by atoms with Crippen LogP contribution < -0.4 is 4.72 Å². The number of nitrogens with one attached hydrogen (secondary N) is 1. The number of aryl methyl sites for hydroxylation is 1. The molecule has 3 aromatic rings. The van der Waals surface area contributed by atoms with Gasteiger partial charge in [0.05, 0.1) is 34.1 Å². The minimum absolute atomic E-state index is 0.0701. The number of hydrogen-bond donors (Lipinski definition) is 1. The van der Waals surface area contributed by atoms with Crippen LogP contribution in [0.25, 0.3) is 11.0 Å². The normalized spacial score (nSPS) is 11.5. The van der Waals surface area contributed by atoms with Crippen molar-refractivity contribution in [1.82, 2.24) is 14.3 Å². The van der Waals surface area contributed by atoms with Crippen LogP contribution in [-0.4, -0.2) is 18.0 Å². The second kappa shape index (κ2) is 6.43. The molecule has 0 amide bonds. The number of hydrogen-bond acceptors (Lipinski definition) is 4. The average molecular weight is 340 g/mol. The molecule has 2 aromatic carbocycles. The van der Waals surface area contributed by atoms with Crippen LogP contribution in [0.15, 0.2) is 53.4 Å². The average Bonchev–Trinajstić information content (AvgIpc) is 2.97. The molecule has 0 saturated carbocycles. The minimum atomic E-state index is -3.71. The Labute approximate surface area is 140 Å². The standard InChI is InChI=1S/C17H16N4O2S/c1-2-21-16-9-4-3-8-15(16)20-17(21)12-19-24(22,23)14-7-5-6-13(10-14)11-18/h3-10,19H,2,12H2,1H3. The van der Waals surface area contributed by atoms with Gasteiger partial charge in [-0.05, 0) is 37.3 Å². The van der Waals surface area contributed by atoms with E-state index in [2.05, 4.69) is 9.71 Å². The molecule has 0 bridgehead atoms. The minimum Gasteiger partial charge on any atom is -0.327 e. The molecule has 3 rings (SSSR count). The van der Waals surface area contributed by atoms with Crippen molar-refractivity contribution in [2.45, 2.75) is 24.9 Å². The van der Waals surface area contributed by atoms with E-state index in [1.165, 1.54) is 12.1 Å². The Morgan fingerprint density at radius 1 is 1.21 bits per heavy atom. The summed E-state index contributed by atoms with van der Waals surface area (Å²) in [6.45, 7) is 2.77. The molecule has 0 saturated heterocycles. The Kier molecular flexibility index (Phi) is 4.34. The summed E-state index contributed by atoms with van der Waals surface area (Å²) in [7, 11) is -3.71. The molecule has 0 spiro atoms. The summed E-state index contributed by atoms with van der Waals surface area (Å²) in [5, 5.41) is 8.91. The van der Waals surface area contributed by atoms with Gasteiger partial charge in [0, 0.05) is 6.54 Å². The van der Waals surface area contributed by atoms with Crippen LogP contribution in [-0.2, 0) is 23.1 Å². The van der Waals surface area contributed by atoms with Crippen molar-refractivity contribution >= 4 is 21.1 Å². The highest BCUT2D eigenvalue weighted by Crippen LogP contribution is 2.17. The van der Waals surface area contributed by atoms with E-state index in [0.717, 1.165) is 11.0 Å². The Balaban J connectivity index is 1.88. The highest BCUT2D eigenvalue weighted by atomic mass is 32.2. The third-order valence-electron chi connectivity index (χ3n) is 3.74. The SMILES string of the molecule is CCn1c(CNS(=O)(=O)c2cccc(C#N)c2)nc2ccccc21. The molecule has 1 aromatic heterocycles. The van der Waals surface area contributed by atoms with E-state index >= 15 is 0 Å². The number of fused-ring (bicyclic) bond motifs is 1. The highest BCUT2D eigenvalue weighted by molar-refractivity contribution is 7.89. The summed E-state index contributed by atoms with van der Waals surface area (Å²) >= 11 is 0. The number of rotatable bonds is 5. The van der Waals surface area contributed by atoms with Crippen molar-refractivity contribution in [2.24, 2.45) is 0 Å². The van der Waals surface area contributed by atoms with E-state index < -0.39 is 10.0 Å². The number of aromatic nitrogens is 2. The molecule has 6 nitrogen and oxygen atoms in total. The third-order valence-corrected chi connectivity index (χ3v) is 5.14. The first-order valence-electron chi connectivity index (χ1n) is 7.49. The number of nitrogens with zero attached hydrogens (tertiary/aromatic N) is 3. The summed E-state index contributed by atoms with van der Waals surface area (Å²) in [4.78, 5) is 4.57. The Morgan fingerprint density at radius 2 is 2.00 bits per heavy atom. The Bertz CT molecular complexity index is 1030. The van der Waals surface area contributed by atoms with Crippen LogP contribution in [0.1, 0.15) is 18.3 Å². The molecule has 0 atom stereocenters. The Morgan fingerprint density at radius 3 is 2.75 bits per heavy atom. The summed E-state index contributed by atoms with van der Waals surface area (Å²) < 4.78 is 29.4.